The molecule has 2 aromatic rings. The van der Waals surface area contributed by atoms with E-state index < -0.39 is 9.84 Å². The maximum atomic E-state index is 12.0. The monoisotopic (exact) mass is 305 g/mol. The van der Waals surface area contributed by atoms with Crippen molar-refractivity contribution in [3.05, 3.63) is 48.3 Å². The Morgan fingerprint density at radius 2 is 1.76 bits per heavy atom. The van der Waals surface area contributed by atoms with Gasteiger partial charge in [0, 0.05) is 30.9 Å². The molecule has 0 unspecified atom stereocenters. The lowest BCUT2D eigenvalue weighted by molar-refractivity contribution is 0.102. The van der Waals surface area contributed by atoms with Gasteiger partial charge >= 0.3 is 0 Å². The van der Waals surface area contributed by atoms with Crippen molar-refractivity contribution in [2.24, 2.45) is 0 Å². The van der Waals surface area contributed by atoms with Crippen molar-refractivity contribution >= 4 is 27.1 Å². The van der Waals surface area contributed by atoms with Gasteiger partial charge in [0.1, 0.15) is 5.69 Å². The number of aromatic nitrogens is 1. The maximum Gasteiger partial charge on any atom is 0.274 e. The zero-order valence-corrected chi connectivity index (χ0v) is 12.4. The Labute approximate surface area is 123 Å². The standard InChI is InChI=1S/C14H15N3O3S/c1-15-11-7-8-16-13(9-11)14(18)17-10-3-5-12(6-4-10)21(2,19)20/h3-9H,1-2H3,(H,15,16)(H,17,18). The molecule has 2 rings (SSSR count). The zero-order chi connectivity index (χ0) is 15.5. The van der Waals surface area contributed by atoms with Crippen LogP contribution in [-0.4, -0.2) is 32.6 Å². The SMILES string of the molecule is CNc1ccnc(C(=O)Nc2ccc(S(C)(=O)=O)cc2)c1. The van der Waals surface area contributed by atoms with E-state index >= 15 is 0 Å². The van der Waals surface area contributed by atoms with E-state index in [1.54, 1.807) is 19.2 Å². The summed E-state index contributed by atoms with van der Waals surface area (Å²) in [5.41, 5.74) is 1.56. The Hall–Kier alpha value is -2.41. The first-order chi connectivity index (χ1) is 9.90. The van der Waals surface area contributed by atoms with Crippen LogP contribution in [-0.2, 0) is 9.84 Å². The molecule has 0 saturated heterocycles. The molecular weight excluding hydrogens is 290 g/mol. The van der Waals surface area contributed by atoms with E-state index in [-0.39, 0.29) is 16.5 Å². The van der Waals surface area contributed by atoms with Gasteiger partial charge in [-0.05, 0) is 36.4 Å². The lowest BCUT2D eigenvalue weighted by Crippen LogP contribution is -2.14. The van der Waals surface area contributed by atoms with Gasteiger partial charge in [-0.3, -0.25) is 9.78 Å². The Bertz CT molecular complexity index is 755. The first-order valence-corrected chi connectivity index (χ1v) is 8.04. The largest absolute Gasteiger partial charge is 0.388 e. The van der Waals surface area contributed by atoms with Crippen molar-refractivity contribution in [2.45, 2.75) is 4.90 Å². The number of pyridine rings is 1. The highest BCUT2D eigenvalue weighted by Crippen LogP contribution is 2.15. The van der Waals surface area contributed by atoms with E-state index in [1.165, 1.54) is 30.5 Å². The predicted molar refractivity (Wildman–Crippen MR) is 81.3 cm³/mol. The number of sulfone groups is 1. The number of nitrogens with one attached hydrogen (secondary N) is 2. The molecule has 0 fully saturated rings. The summed E-state index contributed by atoms with van der Waals surface area (Å²) in [4.78, 5) is 16.2. The van der Waals surface area contributed by atoms with E-state index in [1.807, 2.05) is 0 Å². The molecule has 0 aliphatic carbocycles. The molecule has 1 amide bonds. The van der Waals surface area contributed by atoms with Crippen molar-refractivity contribution in [1.82, 2.24) is 4.98 Å². The quantitative estimate of drug-likeness (QED) is 0.899. The van der Waals surface area contributed by atoms with Crippen LogP contribution in [0.25, 0.3) is 0 Å². The molecule has 0 aliphatic rings. The summed E-state index contributed by atoms with van der Waals surface area (Å²) >= 11 is 0. The molecule has 0 atom stereocenters. The average molecular weight is 305 g/mol. The Morgan fingerprint density at radius 1 is 1.10 bits per heavy atom. The number of hydrogen-bond donors (Lipinski definition) is 2. The molecular formula is C14H15N3O3S. The molecule has 0 spiro atoms. The second-order valence-corrected chi connectivity index (χ2v) is 6.45. The fourth-order valence-electron chi connectivity index (χ4n) is 1.69. The minimum absolute atomic E-state index is 0.204. The number of hydrogen-bond acceptors (Lipinski definition) is 5. The van der Waals surface area contributed by atoms with Gasteiger partial charge in [0.25, 0.3) is 5.91 Å². The van der Waals surface area contributed by atoms with E-state index in [2.05, 4.69) is 15.6 Å². The van der Waals surface area contributed by atoms with Gasteiger partial charge in [-0.1, -0.05) is 0 Å². The Kier molecular flexibility index (Phi) is 4.23. The number of rotatable bonds is 4. The second kappa shape index (κ2) is 5.92. The normalized spacial score (nSPS) is 11.0. The molecule has 1 aromatic heterocycles. The van der Waals surface area contributed by atoms with Crippen LogP contribution in [0.4, 0.5) is 11.4 Å². The highest BCUT2D eigenvalue weighted by molar-refractivity contribution is 7.90. The van der Waals surface area contributed by atoms with Crippen molar-refractivity contribution in [2.75, 3.05) is 23.9 Å². The molecule has 0 radical (unpaired) electrons. The smallest absolute Gasteiger partial charge is 0.274 e. The van der Waals surface area contributed by atoms with Crippen LogP contribution in [0.15, 0.2) is 47.5 Å². The van der Waals surface area contributed by atoms with Crippen LogP contribution in [0.3, 0.4) is 0 Å². The summed E-state index contributed by atoms with van der Waals surface area (Å²) in [5, 5.41) is 5.59. The highest BCUT2D eigenvalue weighted by Gasteiger charge is 2.10. The lowest BCUT2D eigenvalue weighted by Gasteiger charge is -2.07. The molecule has 1 aromatic carbocycles. The van der Waals surface area contributed by atoms with Gasteiger partial charge < -0.3 is 10.6 Å². The molecule has 0 bridgehead atoms. The van der Waals surface area contributed by atoms with Crippen LogP contribution in [0, 0.1) is 0 Å². The van der Waals surface area contributed by atoms with Crippen LogP contribution < -0.4 is 10.6 Å². The molecule has 110 valence electrons. The molecule has 2 N–H and O–H groups in total. The van der Waals surface area contributed by atoms with Gasteiger partial charge in [-0.15, -0.1) is 0 Å². The summed E-state index contributed by atoms with van der Waals surface area (Å²) in [5.74, 6) is -0.362. The Morgan fingerprint density at radius 3 is 2.33 bits per heavy atom. The van der Waals surface area contributed by atoms with Crippen LogP contribution in [0.2, 0.25) is 0 Å². The van der Waals surface area contributed by atoms with Gasteiger partial charge in [0.2, 0.25) is 0 Å². The summed E-state index contributed by atoms with van der Waals surface area (Å²) in [6.45, 7) is 0. The molecule has 21 heavy (non-hydrogen) atoms. The first kappa shape index (κ1) is 15.0. The average Bonchev–Trinajstić information content (AvgIpc) is 2.47. The fourth-order valence-corrected chi connectivity index (χ4v) is 2.32. The number of benzene rings is 1. The summed E-state index contributed by atoms with van der Waals surface area (Å²) < 4.78 is 22.7. The summed E-state index contributed by atoms with van der Waals surface area (Å²) in [7, 11) is -1.49. The van der Waals surface area contributed by atoms with Crippen LogP contribution >= 0.6 is 0 Å². The molecule has 0 saturated carbocycles. The molecule has 6 nitrogen and oxygen atoms in total. The van der Waals surface area contributed by atoms with Crippen molar-refractivity contribution in [3.8, 4) is 0 Å². The van der Waals surface area contributed by atoms with Crippen molar-refractivity contribution < 1.29 is 13.2 Å². The lowest BCUT2D eigenvalue weighted by atomic mass is 10.2. The highest BCUT2D eigenvalue weighted by atomic mass is 32.2. The van der Waals surface area contributed by atoms with Gasteiger partial charge in [0.15, 0.2) is 9.84 Å². The number of carbonyl (C=O) groups is 1. The summed E-state index contributed by atoms with van der Waals surface area (Å²) in [6.07, 6.45) is 2.67. The predicted octanol–water partition coefficient (Wildman–Crippen LogP) is 1.78. The van der Waals surface area contributed by atoms with E-state index in [0.717, 1.165) is 11.9 Å². The van der Waals surface area contributed by atoms with Crippen LogP contribution in [0.1, 0.15) is 10.5 Å². The number of amides is 1. The Balaban J connectivity index is 2.16. The van der Waals surface area contributed by atoms with Gasteiger partial charge in [-0.2, -0.15) is 0 Å². The third-order valence-electron chi connectivity index (χ3n) is 2.82. The molecule has 7 heteroatoms. The van der Waals surface area contributed by atoms with Crippen molar-refractivity contribution in [3.63, 3.8) is 0 Å². The van der Waals surface area contributed by atoms with Crippen molar-refractivity contribution in [1.29, 1.82) is 0 Å². The van der Waals surface area contributed by atoms with Gasteiger partial charge in [0.05, 0.1) is 4.90 Å². The van der Waals surface area contributed by atoms with E-state index in [4.69, 9.17) is 0 Å². The molecule has 0 aliphatic heterocycles. The van der Waals surface area contributed by atoms with Gasteiger partial charge in [-0.25, -0.2) is 8.42 Å². The number of anilines is 2. The minimum atomic E-state index is -3.24. The van der Waals surface area contributed by atoms with E-state index in [0.29, 0.717) is 5.69 Å². The first-order valence-electron chi connectivity index (χ1n) is 6.15. The third kappa shape index (κ3) is 3.79. The second-order valence-electron chi connectivity index (χ2n) is 4.43. The van der Waals surface area contributed by atoms with E-state index in [9.17, 15) is 13.2 Å². The minimum Gasteiger partial charge on any atom is -0.388 e. The zero-order valence-electron chi connectivity index (χ0n) is 11.6. The van der Waals surface area contributed by atoms with Crippen LogP contribution in [0.5, 0.6) is 0 Å². The molecule has 1 heterocycles. The maximum absolute atomic E-state index is 12.0. The number of nitrogens with zero attached hydrogens (tertiary/aromatic N) is 1. The third-order valence-corrected chi connectivity index (χ3v) is 3.95. The number of carbonyl (C=O) groups excluding carboxylic acids is 1. The summed E-state index contributed by atoms with van der Waals surface area (Å²) in [6, 6.07) is 9.34. The fraction of sp³-hybridized carbons (Fsp3) is 0.143. The topological polar surface area (TPSA) is 88.2 Å².